The van der Waals surface area contributed by atoms with Gasteiger partial charge in [0.1, 0.15) is 17.1 Å². The van der Waals surface area contributed by atoms with E-state index >= 15 is 0 Å². The molecule has 1 saturated heterocycles. The van der Waals surface area contributed by atoms with Crippen molar-refractivity contribution >= 4 is 29.2 Å². The van der Waals surface area contributed by atoms with Gasteiger partial charge >= 0.3 is 0 Å². The minimum absolute atomic E-state index is 0.172. The SMILES string of the molecule is CN(Cc1ccc(Cl)cc1)c1cnc(C(=O)N2CCNC(=O)C2(C)C)cn1. The quantitative estimate of drug-likeness (QED) is 0.869. The zero-order chi connectivity index (χ0) is 19.6. The molecule has 1 aromatic heterocycles. The molecule has 0 saturated carbocycles. The van der Waals surface area contributed by atoms with Crippen molar-refractivity contribution < 1.29 is 9.59 Å². The van der Waals surface area contributed by atoms with Gasteiger partial charge in [0.05, 0.1) is 12.4 Å². The van der Waals surface area contributed by atoms with E-state index in [9.17, 15) is 9.59 Å². The largest absolute Gasteiger partial charge is 0.354 e. The lowest BCUT2D eigenvalue weighted by atomic mass is 9.98. The number of carbonyl (C=O) groups excluding carboxylic acids is 2. The average molecular weight is 388 g/mol. The number of amides is 2. The molecule has 142 valence electrons. The summed E-state index contributed by atoms with van der Waals surface area (Å²) in [7, 11) is 1.90. The van der Waals surface area contributed by atoms with Crippen LogP contribution in [0, 0.1) is 0 Å². The summed E-state index contributed by atoms with van der Waals surface area (Å²) in [6.45, 7) is 4.96. The molecule has 0 aliphatic carbocycles. The van der Waals surface area contributed by atoms with E-state index in [4.69, 9.17) is 11.6 Å². The van der Waals surface area contributed by atoms with Crippen LogP contribution in [0.2, 0.25) is 5.02 Å². The van der Waals surface area contributed by atoms with E-state index in [0.717, 1.165) is 5.56 Å². The third kappa shape index (κ3) is 4.03. The van der Waals surface area contributed by atoms with Crippen LogP contribution in [0.15, 0.2) is 36.7 Å². The minimum atomic E-state index is -0.916. The van der Waals surface area contributed by atoms with Crippen molar-refractivity contribution in [3.63, 3.8) is 0 Å². The number of benzene rings is 1. The number of aromatic nitrogens is 2. The summed E-state index contributed by atoms with van der Waals surface area (Å²) in [5, 5.41) is 3.47. The van der Waals surface area contributed by atoms with Gasteiger partial charge < -0.3 is 15.1 Å². The van der Waals surface area contributed by atoms with Crippen LogP contribution in [0.5, 0.6) is 0 Å². The van der Waals surface area contributed by atoms with E-state index in [1.807, 2.05) is 36.2 Å². The van der Waals surface area contributed by atoms with Crippen LogP contribution < -0.4 is 10.2 Å². The Bertz CT molecular complexity index is 836. The zero-order valence-electron chi connectivity index (χ0n) is 15.6. The lowest BCUT2D eigenvalue weighted by molar-refractivity contribution is -0.133. The van der Waals surface area contributed by atoms with Crippen molar-refractivity contribution in [1.82, 2.24) is 20.2 Å². The van der Waals surface area contributed by atoms with Gasteiger partial charge in [0.25, 0.3) is 5.91 Å². The number of anilines is 1. The van der Waals surface area contributed by atoms with Crippen LogP contribution in [-0.2, 0) is 11.3 Å². The molecule has 7 nitrogen and oxygen atoms in total. The maximum atomic E-state index is 12.8. The lowest BCUT2D eigenvalue weighted by Crippen LogP contribution is -2.63. The summed E-state index contributed by atoms with van der Waals surface area (Å²) in [4.78, 5) is 36.9. The Morgan fingerprint density at radius 1 is 1.26 bits per heavy atom. The van der Waals surface area contributed by atoms with Gasteiger partial charge in [-0.2, -0.15) is 0 Å². The van der Waals surface area contributed by atoms with Gasteiger partial charge in [0, 0.05) is 31.7 Å². The van der Waals surface area contributed by atoms with Crippen LogP contribution in [0.4, 0.5) is 5.82 Å². The second-order valence-corrected chi connectivity index (χ2v) is 7.45. The summed E-state index contributed by atoms with van der Waals surface area (Å²) in [6.07, 6.45) is 3.03. The molecule has 3 rings (SSSR count). The Hall–Kier alpha value is -2.67. The van der Waals surface area contributed by atoms with Gasteiger partial charge in [-0.25, -0.2) is 9.97 Å². The predicted octanol–water partition coefficient (Wildman–Crippen LogP) is 2.12. The highest BCUT2D eigenvalue weighted by molar-refractivity contribution is 6.30. The standard InChI is InChI=1S/C19H22ClN5O2/c1-19(2)18(27)21-8-9-25(19)17(26)15-10-23-16(11-22-15)24(3)12-13-4-6-14(20)7-5-13/h4-7,10-11H,8-9,12H2,1-3H3,(H,21,27). The van der Waals surface area contributed by atoms with Crippen molar-refractivity contribution in [3.8, 4) is 0 Å². The molecule has 1 aromatic carbocycles. The molecule has 0 spiro atoms. The highest BCUT2D eigenvalue weighted by Crippen LogP contribution is 2.20. The van der Waals surface area contributed by atoms with Gasteiger partial charge in [0.2, 0.25) is 5.91 Å². The Morgan fingerprint density at radius 2 is 1.96 bits per heavy atom. The number of piperazine rings is 1. The molecule has 1 aliphatic rings. The summed E-state index contributed by atoms with van der Waals surface area (Å²) in [5.74, 6) is 0.181. The summed E-state index contributed by atoms with van der Waals surface area (Å²) in [5.41, 5.74) is 0.396. The molecular formula is C19H22ClN5O2. The normalized spacial score (nSPS) is 16.0. The number of hydrogen-bond donors (Lipinski definition) is 1. The number of nitrogens with zero attached hydrogens (tertiary/aromatic N) is 4. The van der Waals surface area contributed by atoms with Gasteiger partial charge in [-0.3, -0.25) is 9.59 Å². The first-order valence-corrected chi connectivity index (χ1v) is 9.05. The van der Waals surface area contributed by atoms with Crippen LogP contribution in [0.1, 0.15) is 29.9 Å². The van der Waals surface area contributed by atoms with E-state index < -0.39 is 5.54 Å². The molecule has 0 unspecified atom stereocenters. The lowest BCUT2D eigenvalue weighted by Gasteiger charge is -2.40. The first kappa shape index (κ1) is 19.1. The Labute approximate surface area is 163 Å². The van der Waals surface area contributed by atoms with Crippen LogP contribution in [0.3, 0.4) is 0 Å². The van der Waals surface area contributed by atoms with E-state index in [2.05, 4.69) is 15.3 Å². The van der Waals surface area contributed by atoms with Gasteiger partial charge in [-0.05, 0) is 31.5 Å². The van der Waals surface area contributed by atoms with Gasteiger partial charge in [-0.1, -0.05) is 23.7 Å². The number of rotatable bonds is 4. The van der Waals surface area contributed by atoms with Crippen LogP contribution >= 0.6 is 11.6 Å². The molecule has 2 amide bonds. The van der Waals surface area contributed by atoms with Crippen molar-refractivity contribution in [1.29, 1.82) is 0 Å². The molecular weight excluding hydrogens is 366 g/mol. The number of nitrogens with one attached hydrogen (secondary N) is 1. The third-order valence-electron chi connectivity index (χ3n) is 4.68. The van der Waals surface area contributed by atoms with E-state index in [1.54, 1.807) is 20.0 Å². The molecule has 0 bridgehead atoms. The molecule has 2 heterocycles. The second kappa shape index (κ2) is 7.52. The molecule has 8 heteroatoms. The fraction of sp³-hybridized carbons (Fsp3) is 0.368. The van der Waals surface area contributed by atoms with E-state index in [-0.39, 0.29) is 17.5 Å². The smallest absolute Gasteiger partial charge is 0.274 e. The topological polar surface area (TPSA) is 78.4 Å². The Kier molecular flexibility index (Phi) is 5.32. The maximum Gasteiger partial charge on any atom is 0.274 e. The fourth-order valence-electron chi connectivity index (χ4n) is 2.97. The highest BCUT2D eigenvalue weighted by Gasteiger charge is 2.41. The number of hydrogen-bond acceptors (Lipinski definition) is 5. The van der Waals surface area contributed by atoms with Gasteiger partial charge in [0.15, 0.2) is 0 Å². The Morgan fingerprint density at radius 3 is 2.59 bits per heavy atom. The fourth-order valence-corrected chi connectivity index (χ4v) is 3.09. The first-order chi connectivity index (χ1) is 12.8. The molecule has 1 N–H and O–H groups in total. The summed E-state index contributed by atoms with van der Waals surface area (Å²) in [6, 6.07) is 7.59. The maximum absolute atomic E-state index is 12.8. The zero-order valence-corrected chi connectivity index (χ0v) is 16.3. The predicted molar refractivity (Wildman–Crippen MR) is 104 cm³/mol. The van der Waals surface area contributed by atoms with Crippen molar-refractivity contribution in [2.45, 2.75) is 25.9 Å². The molecule has 1 aliphatic heterocycles. The first-order valence-electron chi connectivity index (χ1n) is 8.67. The van der Waals surface area contributed by atoms with Crippen LogP contribution in [0.25, 0.3) is 0 Å². The van der Waals surface area contributed by atoms with Crippen molar-refractivity contribution in [2.24, 2.45) is 0 Å². The van der Waals surface area contributed by atoms with E-state index in [0.29, 0.717) is 30.5 Å². The second-order valence-electron chi connectivity index (χ2n) is 7.01. The molecule has 0 radical (unpaired) electrons. The van der Waals surface area contributed by atoms with E-state index in [1.165, 1.54) is 11.1 Å². The molecule has 0 atom stereocenters. The average Bonchev–Trinajstić information content (AvgIpc) is 2.65. The third-order valence-corrected chi connectivity index (χ3v) is 4.93. The minimum Gasteiger partial charge on any atom is -0.354 e. The molecule has 2 aromatic rings. The van der Waals surface area contributed by atoms with Crippen molar-refractivity contribution in [3.05, 3.63) is 52.9 Å². The summed E-state index contributed by atoms with van der Waals surface area (Å²) < 4.78 is 0. The van der Waals surface area contributed by atoms with Gasteiger partial charge in [-0.15, -0.1) is 0 Å². The number of halogens is 1. The van der Waals surface area contributed by atoms with Crippen molar-refractivity contribution in [2.75, 3.05) is 25.0 Å². The number of carbonyl (C=O) groups is 2. The highest BCUT2D eigenvalue weighted by atomic mass is 35.5. The Balaban J connectivity index is 1.71. The monoisotopic (exact) mass is 387 g/mol. The summed E-state index contributed by atoms with van der Waals surface area (Å²) >= 11 is 5.91. The van der Waals surface area contributed by atoms with Crippen LogP contribution in [-0.4, -0.2) is 52.4 Å². The molecule has 1 fully saturated rings. The molecule has 27 heavy (non-hydrogen) atoms.